The number of nitrogens with zero attached hydrogens (tertiary/aromatic N) is 3. The number of rotatable bonds is 6. The SMILES string of the molecule is CC(C)CCNC(=O)c1csc(N2CCN(c3ccc(F)cc3)CC2)n1. The van der Waals surface area contributed by atoms with Gasteiger partial charge >= 0.3 is 0 Å². The van der Waals surface area contributed by atoms with Crippen LogP contribution in [0, 0.1) is 11.7 Å². The molecule has 1 amide bonds. The van der Waals surface area contributed by atoms with Crippen LogP contribution in [0.3, 0.4) is 0 Å². The van der Waals surface area contributed by atoms with Crippen molar-refractivity contribution in [3.8, 4) is 0 Å². The van der Waals surface area contributed by atoms with Crippen LogP contribution in [0.2, 0.25) is 0 Å². The number of nitrogens with one attached hydrogen (secondary N) is 1. The van der Waals surface area contributed by atoms with Gasteiger partial charge in [0.2, 0.25) is 0 Å². The summed E-state index contributed by atoms with van der Waals surface area (Å²) < 4.78 is 13.1. The number of hydrogen-bond acceptors (Lipinski definition) is 5. The summed E-state index contributed by atoms with van der Waals surface area (Å²) in [5.74, 6) is 0.256. The Morgan fingerprint density at radius 2 is 1.85 bits per heavy atom. The number of amides is 1. The summed E-state index contributed by atoms with van der Waals surface area (Å²) in [4.78, 5) is 21.1. The van der Waals surface area contributed by atoms with Gasteiger partial charge < -0.3 is 15.1 Å². The molecule has 1 aliphatic rings. The van der Waals surface area contributed by atoms with Gasteiger partial charge in [0.1, 0.15) is 11.5 Å². The first-order chi connectivity index (χ1) is 12.5. The van der Waals surface area contributed by atoms with Gasteiger partial charge in [-0.1, -0.05) is 13.8 Å². The quantitative estimate of drug-likeness (QED) is 0.840. The topological polar surface area (TPSA) is 48.5 Å². The van der Waals surface area contributed by atoms with Crippen LogP contribution in [0.1, 0.15) is 30.8 Å². The fourth-order valence-electron chi connectivity index (χ4n) is 2.89. The van der Waals surface area contributed by atoms with E-state index in [9.17, 15) is 9.18 Å². The van der Waals surface area contributed by atoms with E-state index in [-0.39, 0.29) is 11.7 Å². The highest BCUT2D eigenvalue weighted by molar-refractivity contribution is 7.13. The Bertz CT molecular complexity index is 723. The Morgan fingerprint density at radius 1 is 1.19 bits per heavy atom. The minimum Gasteiger partial charge on any atom is -0.368 e. The minimum atomic E-state index is -0.214. The summed E-state index contributed by atoms with van der Waals surface area (Å²) in [5.41, 5.74) is 1.53. The zero-order chi connectivity index (χ0) is 18.5. The van der Waals surface area contributed by atoms with Crippen molar-refractivity contribution in [1.82, 2.24) is 10.3 Å². The number of thiazole rings is 1. The molecule has 5 nitrogen and oxygen atoms in total. The molecule has 3 rings (SSSR count). The molecular formula is C19H25FN4OS. The Balaban J connectivity index is 1.52. The van der Waals surface area contributed by atoms with E-state index in [2.05, 4.69) is 33.9 Å². The molecule has 7 heteroatoms. The summed E-state index contributed by atoms with van der Waals surface area (Å²) in [6.07, 6.45) is 0.966. The van der Waals surface area contributed by atoms with E-state index in [0.717, 1.165) is 43.4 Å². The second kappa shape index (κ2) is 8.49. The summed E-state index contributed by atoms with van der Waals surface area (Å²) in [7, 11) is 0. The minimum absolute atomic E-state index is 0.0990. The van der Waals surface area contributed by atoms with Crippen LogP contribution in [0.5, 0.6) is 0 Å². The number of halogens is 1. The van der Waals surface area contributed by atoms with Crippen LogP contribution in [0.15, 0.2) is 29.6 Å². The average Bonchev–Trinajstić information content (AvgIpc) is 3.12. The van der Waals surface area contributed by atoms with Gasteiger partial charge in [0.05, 0.1) is 0 Å². The molecule has 1 aliphatic heterocycles. The molecule has 0 spiro atoms. The monoisotopic (exact) mass is 376 g/mol. The van der Waals surface area contributed by atoms with Crippen LogP contribution >= 0.6 is 11.3 Å². The Labute approximate surface area is 157 Å². The number of hydrogen-bond donors (Lipinski definition) is 1. The Morgan fingerprint density at radius 3 is 2.50 bits per heavy atom. The maximum Gasteiger partial charge on any atom is 0.270 e. The first kappa shape index (κ1) is 18.6. The molecule has 26 heavy (non-hydrogen) atoms. The van der Waals surface area contributed by atoms with Crippen LogP contribution in [-0.2, 0) is 0 Å². The molecule has 1 fully saturated rings. The van der Waals surface area contributed by atoms with Crippen molar-refractivity contribution in [2.75, 3.05) is 42.5 Å². The van der Waals surface area contributed by atoms with Crippen molar-refractivity contribution in [2.45, 2.75) is 20.3 Å². The lowest BCUT2D eigenvalue weighted by atomic mass is 10.1. The molecule has 1 saturated heterocycles. The number of anilines is 2. The Hall–Kier alpha value is -2.15. The molecule has 2 heterocycles. The molecule has 1 aromatic heterocycles. The van der Waals surface area contributed by atoms with E-state index < -0.39 is 0 Å². The fourth-order valence-corrected chi connectivity index (χ4v) is 3.75. The van der Waals surface area contributed by atoms with Gasteiger partial charge in [0.25, 0.3) is 5.91 Å². The molecule has 2 aromatic rings. The summed E-state index contributed by atoms with van der Waals surface area (Å²) >= 11 is 1.51. The predicted molar refractivity (Wildman–Crippen MR) is 105 cm³/mol. The lowest BCUT2D eigenvalue weighted by molar-refractivity contribution is 0.0948. The lowest BCUT2D eigenvalue weighted by Gasteiger charge is -2.36. The van der Waals surface area contributed by atoms with E-state index in [1.54, 1.807) is 0 Å². The second-order valence-corrected chi connectivity index (χ2v) is 7.74. The predicted octanol–water partition coefficient (Wildman–Crippen LogP) is 3.38. The molecule has 0 bridgehead atoms. The third-order valence-corrected chi connectivity index (χ3v) is 5.38. The van der Waals surface area contributed by atoms with Crippen molar-refractivity contribution in [3.63, 3.8) is 0 Å². The molecule has 0 radical (unpaired) electrons. The van der Waals surface area contributed by atoms with E-state index in [1.165, 1.54) is 23.5 Å². The van der Waals surface area contributed by atoms with E-state index in [1.807, 2.05) is 17.5 Å². The number of benzene rings is 1. The van der Waals surface area contributed by atoms with Gasteiger partial charge in [0.15, 0.2) is 5.13 Å². The zero-order valence-electron chi connectivity index (χ0n) is 15.2. The smallest absolute Gasteiger partial charge is 0.270 e. The third-order valence-electron chi connectivity index (χ3n) is 4.47. The molecule has 0 unspecified atom stereocenters. The number of aromatic nitrogens is 1. The summed E-state index contributed by atoms with van der Waals surface area (Å²) in [6.45, 7) is 8.32. The van der Waals surface area contributed by atoms with Crippen LogP contribution in [0.25, 0.3) is 0 Å². The van der Waals surface area contributed by atoms with Gasteiger partial charge in [-0.2, -0.15) is 0 Å². The zero-order valence-corrected chi connectivity index (χ0v) is 16.1. The third kappa shape index (κ3) is 4.72. The van der Waals surface area contributed by atoms with Crippen molar-refractivity contribution >= 4 is 28.1 Å². The number of carbonyl (C=O) groups is 1. The highest BCUT2D eigenvalue weighted by atomic mass is 32.1. The number of carbonyl (C=O) groups excluding carboxylic acids is 1. The molecule has 1 aromatic carbocycles. The largest absolute Gasteiger partial charge is 0.368 e. The normalized spacial score (nSPS) is 14.8. The molecule has 140 valence electrons. The number of piperazine rings is 1. The van der Waals surface area contributed by atoms with Gasteiger partial charge in [0, 0.05) is 43.8 Å². The van der Waals surface area contributed by atoms with Gasteiger partial charge in [-0.25, -0.2) is 9.37 Å². The highest BCUT2D eigenvalue weighted by Gasteiger charge is 2.21. The first-order valence-corrected chi connectivity index (χ1v) is 9.90. The fraction of sp³-hybridized carbons (Fsp3) is 0.474. The molecule has 1 N–H and O–H groups in total. The second-order valence-electron chi connectivity index (χ2n) is 6.90. The molecule has 0 saturated carbocycles. The van der Waals surface area contributed by atoms with E-state index in [0.29, 0.717) is 18.2 Å². The summed E-state index contributed by atoms with van der Waals surface area (Å²) in [5, 5.41) is 5.64. The van der Waals surface area contributed by atoms with E-state index in [4.69, 9.17) is 0 Å². The van der Waals surface area contributed by atoms with Gasteiger partial charge in [-0.15, -0.1) is 11.3 Å². The Kier molecular flexibility index (Phi) is 6.08. The van der Waals surface area contributed by atoms with E-state index >= 15 is 0 Å². The van der Waals surface area contributed by atoms with Gasteiger partial charge in [-0.3, -0.25) is 4.79 Å². The first-order valence-electron chi connectivity index (χ1n) is 9.02. The lowest BCUT2D eigenvalue weighted by Crippen LogP contribution is -2.46. The van der Waals surface area contributed by atoms with Crippen molar-refractivity contribution in [1.29, 1.82) is 0 Å². The van der Waals surface area contributed by atoms with Crippen LogP contribution < -0.4 is 15.1 Å². The van der Waals surface area contributed by atoms with Crippen molar-refractivity contribution < 1.29 is 9.18 Å². The molecule has 0 atom stereocenters. The average molecular weight is 377 g/mol. The van der Waals surface area contributed by atoms with Crippen molar-refractivity contribution in [3.05, 3.63) is 41.2 Å². The highest BCUT2D eigenvalue weighted by Crippen LogP contribution is 2.24. The standard InChI is InChI=1S/C19H25FN4OS/c1-14(2)7-8-21-18(25)17-13-26-19(22-17)24-11-9-23(10-12-24)16-5-3-15(20)4-6-16/h3-6,13-14H,7-12H2,1-2H3,(H,21,25). The molecule has 0 aliphatic carbocycles. The molecular weight excluding hydrogens is 351 g/mol. The van der Waals surface area contributed by atoms with Crippen LogP contribution in [0.4, 0.5) is 15.2 Å². The summed E-state index contributed by atoms with van der Waals surface area (Å²) in [6, 6.07) is 6.61. The van der Waals surface area contributed by atoms with Gasteiger partial charge in [-0.05, 0) is 36.6 Å². The maximum atomic E-state index is 13.1. The van der Waals surface area contributed by atoms with Crippen molar-refractivity contribution in [2.24, 2.45) is 5.92 Å². The van der Waals surface area contributed by atoms with Crippen LogP contribution in [-0.4, -0.2) is 43.6 Å². The maximum absolute atomic E-state index is 13.1.